The molecule has 2 aliphatic rings. The quantitative estimate of drug-likeness (QED) is 0.678. The van der Waals surface area contributed by atoms with Crippen molar-refractivity contribution >= 4 is 28.5 Å². The molecular formula is C21H22N8O. The minimum Gasteiger partial charge on any atom is -0.368 e. The molecule has 5 rings (SSSR count). The van der Waals surface area contributed by atoms with E-state index in [0.717, 1.165) is 44.7 Å². The second kappa shape index (κ2) is 7.07. The van der Waals surface area contributed by atoms with E-state index in [1.54, 1.807) is 16.8 Å². The molecule has 0 amide bonds. The van der Waals surface area contributed by atoms with Gasteiger partial charge in [0, 0.05) is 43.3 Å². The molecule has 0 radical (unpaired) electrons. The summed E-state index contributed by atoms with van der Waals surface area (Å²) in [6, 6.07) is 7.48. The Kier molecular flexibility index (Phi) is 4.37. The smallest absolute Gasteiger partial charge is 0.270 e. The highest BCUT2D eigenvalue weighted by Crippen LogP contribution is 2.43. The van der Waals surface area contributed by atoms with Crippen LogP contribution in [0.2, 0.25) is 0 Å². The summed E-state index contributed by atoms with van der Waals surface area (Å²) in [4.78, 5) is 28.5. The summed E-state index contributed by atoms with van der Waals surface area (Å²) < 4.78 is 1.65. The highest BCUT2D eigenvalue weighted by atomic mass is 16.1. The van der Waals surface area contributed by atoms with Gasteiger partial charge in [-0.05, 0) is 38.0 Å². The van der Waals surface area contributed by atoms with Crippen molar-refractivity contribution < 1.29 is 0 Å². The van der Waals surface area contributed by atoms with Gasteiger partial charge < -0.3 is 15.5 Å². The van der Waals surface area contributed by atoms with E-state index in [9.17, 15) is 10.1 Å². The monoisotopic (exact) mass is 402 g/mol. The zero-order valence-corrected chi connectivity index (χ0v) is 16.7. The van der Waals surface area contributed by atoms with E-state index in [1.807, 2.05) is 31.3 Å². The van der Waals surface area contributed by atoms with Crippen molar-refractivity contribution in [1.82, 2.24) is 24.8 Å². The largest absolute Gasteiger partial charge is 0.368 e. The number of hydrogen-bond donors (Lipinski definition) is 2. The average Bonchev–Trinajstić information content (AvgIpc) is 3.52. The fourth-order valence-corrected chi connectivity index (χ4v) is 3.83. The molecule has 0 spiro atoms. The van der Waals surface area contributed by atoms with Crippen LogP contribution in [0.4, 0.5) is 17.5 Å². The summed E-state index contributed by atoms with van der Waals surface area (Å²) in [5.74, 6) is 1.00. The fourth-order valence-electron chi connectivity index (χ4n) is 3.83. The molecule has 152 valence electrons. The number of nitrogens with one attached hydrogen (secondary N) is 2. The number of fused-ring (bicyclic) bond motifs is 1. The number of nitrogens with zero attached hydrogens (tertiary/aromatic N) is 6. The maximum absolute atomic E-state index is 12.8. The first-order valence-corrected chi connectivity index (χ1v) is 10.1. The summed E-state index contributed by atoms with van der Waals surface area (Å²) in [6.45, 7) is 5.88. The first-order valence-electron chi connectivity index (χ1n) is 10.1. The first kappa shape index (κ1) is 18.5. The van der Waals surface area contributed by atoms with Crippen LogP contribution in [0, 0.1) is 11.3 Å². The van der Waals surface area contributed by atoms with Gasteiger partial charge in [-0.3, -0.25) is 9.36 Å². The standard InChI is InChI=1S/C21H22N8O/c1-21(4-5-21)29-18-15(10-14(11-22)19(29)30)12-25-20(27-18)26-17-3-2-16(13-24-17)28-8-6-23-7-9-28/h2-3,10,12-13,23H,4-9H2,1H3,(H,24,25,26,27). The molecule has 0 aromatic carbocycles. The van der Waals surface area contributed by atoms with Crippen LogP contribution in [0.3, 0.4) is 0 Å². The van der Waals surface area contributed by atoms with E-state index in [0.29, 0.717) is 22.8 Å². The lowest BCUT2D eigenvalue weighted by molar-refractivity contribution is 0.528. The minimum absolute atomic E-state index is 0.116. The van der Waals surface area contributed by atoms with E-state index < -0.39 is 0 Å². The van der Waals surface area contributed by atoms with Crippen molar-refractivity contribution in [3.05, 3.63) is 46.5 Å². The van der Waals surface area contributed by atoms with Gasteiger partial charge in [0.15, 0.2) is 0 Å². The first-order chi connectivity index (χ1) is 14.6. The molecule has 4 heterocycles. The van der Waals surface area contributed by atoms with Gasteiger partial charge in [-0.15, -0.1) is 0 Å². The van der Waals surface area contributed by atoms with Crippen LogP contribution in [0.15, 0.2) is 35.4 Å². The molecule has 1 saturated heterocycles. The molecule has 2 fully saturated rings. The third-order valence-electron chi connectivity index (χ3n) is 5.84. The molecule has 1 aliphatic heterocycles. The Balaban J connectivity index is 1.47. The minimum atomic E-state index is -0.298. The number of rotatable bonds is 4. The summed E-state index contributed by atoms with van der Waals surface area (Å²) in [5.41, 5.74) is 1.14. The van der Waals surface area contributed by atoms with Crippen LogP contribution in [0.1, 0.15) is 25.3 Å². The molecule has 9 heteroatoms. The number of pyridine rings is 2. The molecule has 30 heavy (non-hydrogen) atoms. The van der Waals surface area contributed by atoms with Gasteiger partial charge in [0.05, 0.1) is 11.9 Å². The van der Waals surface area contributed by atoms with Crippen LogP contribution in [0.25, 0.3) is 11.0 Å². The number of anilines is 3. The van der Waals surface area contributed by atoms with Crippen LogP contribution in [-0.4, -0.2) is 45.7 Å². The number of aromatic nitrogens is 4. The Morgan fingerprint density at radius 2 is 2.00 bits per heavy atom. The number of hydrogen-bond acceptors (Lipinski definition) is 8. The fraction of sp³-hybridized carbons (Fsp3) is 0.381. The SMILES string of the molecule is CC1(n2c(=O)c(C#N)cc3cnc(Nc4ccc(N5CCNCC5)cn4)nc32)CC1. The van der Waals surface area contributed by atoms with Crippen LogP contribution in [-0.2, 0) is 5.54 Å². The molecule has 0 bridgehead atoms. The highest BCUT2D eigenvalue weighted by Gasteiger charge is 2.42. The summed E-state index contributed by atoms with van der Waals surface area (Å²) >= 11 is 0. The summed E-state index contributed by atoms with van der Waals surface area (Å²) in [5, 5.41) is 16.5. The molecule has 0 unspecified atom stereocenters. The maximum Gasteiger partial charge on any atom is 0.270 e. The molecule has 3 aromatic heterocycles. The molecule has 1 aliphatic carbocycles. The van der Waals surface area contributed by atoms with Crippen LogP contribution >= 0.6 is 0 Å². The number of nitriles is 1. The van der Waals surface area contributed by atoms with Crippen molar-refractivity contribution in [2.75, 3.05) is 36.4 Å². The molecule has 1 saturated carbocycles. The van der Waals surface area contributed by atoms with Crippen molar-refractivity contribution in [3.63, 3.8) is 0 Å². The topological polar surface area (TPSA) is 112 Å². The Hall–Kier alpha value is -3.51. The molecule has 2 N–H and O–H groups in total. The Bertz CT molecular complexity index is 1200. The second-order valence-corrected chi connectivity index (χ2v) is 8.04. The van der Waals surface area contributed by atoms with E-state index in [2.05, 4.69) is 30.5 Å². The molecular weight excluding hydrogens is 380 g/mol. The van der Waals surface area contributed by atoms with Gasteiger partial charge in [0.1, 0.15) is 23.1 Å². The Morgan fingerprint density at radius 1 is 1.20 bits per heavy atom. The predicted octanol–water partition coefficient (Wildman–Crippen LogP) is 1.72. The van der Waals surface area contributed by atoms with Crippen molar-refractivity contribution in [1.29, 1.82) is 5.26 Å². The average molecular weight is 402 g/mol. The predicted molar refractivity (Wildman–Crippen MR) is 114 cm³/mol. The van der Waals surface area contributed by atoms with Gasteiger partial charge in [-0.1, -0.05) is 0 Å². The molecule has 9 nitrogen and oxygen atoms in total. The van der Waals surface area contributed by atoms with Crippen molar-refractivity contribution in [2.45, 2.75) is 25.3 Å². The zero-order valence-electron chi connectivity index (χ0n) is 16.7. The van der Waals surface area contributed by atoms with E-state index in [4.69, 9.17) is 0 Å². The third-order valence-corrected chi connectivity index (χ3v) is 5.84. The lowest BCUT2D eigenvalue weighted by Gasteiger charge is -2.29. The Morgan fingerprint density at radius 3 is 2.67 bits per heavy atom. The lowest BCUT2D eigenvalue weighted by Crippen LogP contribution is -2.43. The lowest BCUT2D eigenvalue weighted by atomic mass is 10.2. The molecule has 0 atom stereocenters. The Labute approximate surface area is 173 Å². The van der Waals surface area contributed by atoms with Gasteiger partial charge in [0.2, 0.25) is 5.95 Å². The van der Waals surface area contributed by atoms with E-state index in [-0.39, 0.29) is 16.7 Å². The van der Waals surface area contributed by atoms with Gasteiger partial charge >= 0.3 is 0 Å². The van der Waals surface area contributed by atoms with Gasteiger partial charge in [-0.2, -0.15) is 10.2 Å². The van der Waals surface area contributed by atoms with Gasteiger partial charge in [0.25, 0.3) is 5.56 Å². The van der Waals surface area contributed by atoms with Gasteiger partial charge in [-0.25, -0.2) is 9.97 Å². The summed E-state index contributed by atoms with van der Waals surface area (Å²) in [7, 11) is 0. The van der Waals surface area contributed by atoms with Crippen molar-refractivity contribution in [2.24, 2.45) is 0 Å². The maximum atomic E-state index is 12.8. The van der Waals surface area contributed by atoms with Crippen LogP contribution < -0.4 is 21.1 Å². The number of piperazine rings is 1. The van der Waals surface area contributed by atoms with Crippen LogP contribution in [0.5, 0.6) is 0 Å². The molecule has 3 aromatic rings. The van der Waals surface area contributed by atoms with E-state index >= 15 is 0 Å². The van der Waals surface area contributed by atoms with Crippen molar-refractivity contribution in [3.8, 4) is 6.07 Å². The third kappa shape index (κ3) is 3.25. The second-order valence-electron chi connectivity index (χ2n) is 8.04. The zero-order chi connectivity index (χ0) is 20.7. The normalized spacial score (nSPS) is 17.5. The highest BCUT2D eigenvalue weighted by molar-refractivity contribution is 5.77. The summed E-state index contributed by atoms with van der Waals surface area (Å²) in [6.07, 6.45) is 5.26. The van der Waals surface area contributed by atoms with E-state index in [1.165, 1.54) is 0 Å².